The second-order valence-corrected chi connectivity index (χ2v) is 6.86. The van der Waals surface area contributed by atoms with Crippen LogP contribution in [0.4, 0.5) is 0 Å². The van der Waals surface area contributed by atoms with Crippen LogP contribution in [-0.2, 0) is 4.79 Å². The summed E-state index contributed by atoms with van der Waals surface area (Å²) in [6.07, 6.45) is 4.05. The first-order chi connectivity index (χ1) is 10.7. The molecule has 5 heteroatoms. The fourth-order valence-electron chi connectivity index (χ4n) is 2.72. The van der Waals surface area contributed by atoms with Crippen LogP contribution >= 0.6 is 11.3 Å². The molecule has 116 valence electrons. The lowest BCUT2D eigenvalue weighted by Gasteiger charge is -2.31. The van der Waals surface area contributed by atoms with Crippen molar-refractivity contribution in [2.24, 2.45) is 0 Å². The van der Waals surface area contributed by atoms with Gasteiger partial charge in [-0.05, 0) is 31.9 Å². The third kappa shape index (κ3) is 3.65. The summed E-state index contributed by atoms with van der Waals surface area (Å²) in [5, 5.41) is 1.15. The maximum Gasteiger partial charge on any atom is 0.260 e. The van der Waals surface area contributed by atoms with Gasteiger partial charge < -0.3 is 9.64 Å². The van der Waals surface area contributed by atoms with Gasteiger partial charge in [-0.15, -0.1) is 11.3 Å². The van der Waals surface area contributed by atoms with Crippen LogP contribution in [0.25, 0.3) is 0 Å². The largest absolute Gasteiger partial charge is 0.484 e. The van der Waals surface area contributed by atoms with Crippen LogP contribution < -0.4 is 4.74 Å². The highest BCUT2D eigenvalue weighted by molar-refractivity contribution is 7.11. The molecule has 2 heterocycles. The molecule has 0 spiro atoms. The number of aryl methyl sites for hydroxylation is 1. The zero-order valence-corrected chi connectivity index (χ0v) is 13.5. The fourth-order valence-corrected chi connectivity index (χ4v) is 3.62. The number of carbonyl (C=O) groups is 1. The van der Waals surface area contributed by atoms with E-state index in [9.17, 15) is 4.79 Å². The minimum Gasteiger partial charge on any atom is -0.484 e. The Labute approximate surface area is 134 Å². The zero-order valence-electron chi connectivity index (χ0n) is 12.7. The van der Waals surface area contributed by atoms with E-state index in [0.29, 0.717) is 5.92 Å². The molecule has 1 atom stereocenters. The monoisotopic (exact) mass is 316 g/mol. The van der Waals surface area contributed by atoms with Gasteiger partial charge in [0.15, 0.2) is 6.61 Å². The summed E-state index contributed by atoms with van der Waals surface area (Å²) in [5.74, 6) is 1.16. The van der Waals surface area contributed by atoms with Crippen LogP contribution in [0.1, 0.15) is 28.6 Å². The van der Waals surface area contributed by atoms with Gasteiger partial charge in [-0.1, -0.05) is 18.2 Å². The van der Waals surface area contributed by atoms with Crippen LogP contribution in [0.15, 0.2) is 36.5 Å². The normalized spacial score (nSPS) is 18.2. The first-order valence-corrected chi connectivity index (χ1v) is 8.42. The molecule has 1 amide bonds. The molecule has 0 saturated carbocycles. The minimum atomic E-state index is 0.0573. The zero-order chi connectivity index (χ0) is 15.4. The maximum absolute atomic E-state index is 12.3. The SMILES string of the molecule is Cc1cnc([C@H]2CCCN(C(=O)COc3ccccc3)C2)s1. The summed E-state index contributed by atoms with van der Waals surface area (Å²) in [7, 11) is 0. The molecule has 1 aliphatic rings. The van der Waals surface area contributed by atoms with Crippen molar-refractivity contribution in [3.05, 3.63) is 46.4 Å². The van der Waals surface area contributed by atoms with E-state index < -0.39 is 0 Å². The molecule has 1 saturated heterocycles. The summed E-state index contributed by atoms with van der Waals surface area (Å²) in [5.41, 5.74) is 0. The number of rotatable bonds is 4. The van der Waals surface area contributed by atoms with Crippen molar-refractivity contribution in [3.63, 3.8) is 0 Å². The predicted molar refractivity (Wildman–Crippen MR) is 87.3 cm³/mol. The van der Waals surface area contributed by atoms with Gasteiger partial charge in [0.05, 0.1) is 5.01 Å². The minimum absolute atomic E-state index is 0.0573. The Bertz CT molecular complexity index is 627. The summed E-state index contributed by atoms with van der Waals surface area (Å²) in [6.45, 7) is 3.75. The average molecular weight is 316 g/mol. The van der Waals surface area contributed by atoms with Crippen LogP contribution in [-0.4, -0.2) is 35.5 Å². The Hall–Kier alpha value is -1.88. The van der Waals surface area contributed by atoms with Gasteiger partial charge >= 0.3 is 0 Å². The van der Waals surface area contributed by atoms with Crippen LogP contribution in [0.5, 0.6) is 5.75 Å². The average Bonchev–Trinajstić information content (AvgIpc) is 3.00. The molecule has 22 heavy (non-hydrogen) atoms. The maximum atomic E-state index is 12.3. The molecule has 2 aromatic rings. The molecule has 1 fully saturated rings. The molecule has 0 unspecified atom stereocenters. The number of hydrogen-bond donors (Lipinski definition) is 0. The number of nitrogens with zero attached hydrogens (tertiary/aromatic N) is 2. The van der Waals surface area contributed by atoms with Crippen molar-refractivity contribution in [2.45, 2.75) is 25.7 Å². The van der Waals surface area contributed by atoms with Gasteiger partial charge in [-0.3, -0.25) is 4.79 Å². The van der Waals surface area contributed by atoms with Gasteiger partial charge in [0.1, 0.15) is 5.75 Å². The van der Waals surface area contributed by atoms with Crippen LogP contribution in [0.2, 0.25) is 0 Å². The highest BCUT2D eigenvalue weighted by Crippen LogP contribution is 2.29. The lowest BCUT2D eigenvalue weighted by Crippen LogP contribution is -2.41. The number of aromatic nitrogens is 1. The Morgan fingerprint density at radius 3 is 2.95 bits per heavy atom. The Morgan fingerprint density at radius 1 is 1.41 bits per heavy atom. The van der Waals surface area contributed by atoms with E-state index in [2.05, 4.69) is 11.9 Å². The number of benzene rings is 1. The lowest BCUT2D eigenvalue weighted by atomic mass is 9.99. The molecular weight excluding hydrogens is 296 g/mol. The first kappa shape index (κ1) is 15.0. The standard InChI is InChI=1S/C17H20N2O2S/c1-13-10-18-17(22-13)14-6-5-9-19(11-14)16(20)12-21-15-7-3-2-4-8-15/h2-4,7-8,10,14H,5-6,9,11-12H2,1H3/t14-/m0/s1. The number of amides is 1. The van der Waals surface area contributed by atoms with E-state index >= 15 is 0 Å². The van der Waals surface area contributed by atoms with Gasteiger partial charge in [0.25, 0.3) is 5.91 Å². The molecule has 0 bridgehead atoms. The second-order valence-electron chi connectivity index (χ2n) is 5.59. The number of carbonyl (C=O) groups excluding carboxylic acids is 1. The van der Waals surface area contributed by atoms with E-state index in [1.807, 2.05) is 41.4 Å². The van der Waals surface area contributed by atoms with Crippen LogP contribution in [0.3, 0.4) is 0 Å². The molecule has 4 nitrogen and oxygen atoms in total. The summed E-state index contributed by atoms with van der Waals surface area (Å²) in [4.78, 5) is 20.0. The van der Waals surface area contributed by atoms with Crippen molar-refractivity contribution in [3.8, 4) is 5.75 Å². The van der Waals surface area contributed by atoms with Crippen molar-refractivity contribution in [1.29, 1.82) is 0 Å². The Morgan fingerprint density at radius 2 is 2.23 bits per heavy atom. The number of hydrogen-bond acceptors (Lipinski definition) is 4. The van der Waals surface area contributed by atoms with E-state index in [1.165, 1.54) is 4.88 Å². The Balaban J connectivity index is 1.56. The van der Waals surface area contributed by atoms with Gasteiger partial charge in [-0.25, -0.2) is 4.98 Å². The smallest absolute Gasteiger partial charge is 0.260 e. The first-order valence-electron chi connectivity index (χ1n) is 7.60. The molecule has 0 aliphatic carbocycles. The molecule has 0 N–H and O–H groups in total. The predicted octanol–water partition coefficient (Wildman–Crippen LogP) is 3.24. The van der Waals surface area contributed by atoms with E-state index in [4.69, 9.17) is 4.74 Å². The third-order valence-corrected chi connectivity index (χ3v) is 4.94. The van der Waals surface area contributed by atoms with Crippen molar-refractivity contribution in [2.75, 3.05) is 19.7 Å². The van der Waals surface area contributed by atoms with Gasteiger partial charge in [-0.2, -0.15) is 0 Å². The number of thiazole rings is 1. The number of likely N-dealkylation sites (tertiary alicyclic amines) is 1. The van der Waals surface area contributed by atoms with E-state index in [1.54, 1.807) is 11.3 Å². The number of piperidine rings is 1. The highest BCUT2D eigenvalue weighted by atomic mass is 32.1. The highest BCUT2D eigenvalue weighted by Gasteiger charge is 2.26. The summed E-state index contributed by atoms with van der Waals surface area (Å²) < 4.78 is 5.56. The van der Waals surface area contributed by atoms with Crippen LogP contribution in [0, 0.1) is 6.92 Å². The van der Waals surface area contributed by atoms with Gasteiger partial charge in [0.2, 0.25) is 0 Å². The fraction of sp³-hybridized carbons (Fsp3) is 0.412. The molecular formula is C17H20N2O2S. The molecule has 1 aromatic heterocycles. The molecule has 1 aliphatic heterocycles. The van der Waals surface area contributed by atoms with E-state index in [-0.39, 0.29) is 12.5 Å². The summed E-state index contributed by atoms with van der Waals surface area (Å²) in [6, 6.07) is 9.47. The Kier molecular flexibility index (Phi) is 4.73. The molecule has 0 radical (unpaired) electrons. The number of para-hydroxylation sites is 1. The van der Waals surface area contributed by atoms with Crippen molar-refractivity contribution in [1.82, 2.24) is 9.88 Å². The topological polar surface area (TPSA) is 42.4 Å². The molecule has 1 aromatic carbocycles. The third-order valence-electron chi connectivity index (χ3n) is 3.87. The second kappa shape index (κ2) is 6.92. The summed E-state index contributed by atoms with van der Waals surface area (Å²) >= 11 is 1.74. The lowest BCUT2D eigenvalue weighted by molar-refractivity contribution is -0.134. The van der Waals surface area contributed by atoms with Gasteiger partial charge in [0, 0.05) is 30.1 Å². The van der Waals surface area contributed by atoms with E-state index in [0.717, 1.165) is 36.7 Å². The van der Waals surface area contributed by atoms with Crippen molar-refractivity contribution >= 4 is 17.2 Å². The number of ether oxygens (including phenoxy) is 1. The van der Waals surface area contributed by atoms with Crippen molar-refractivity contribution < 1.29 is 9.53 Å². The quantitative estimate of drug-likeness (QED) is 0.869. The molecule has 3 rings (SSSR count).